The normalized spacial score (nSPS) is 17.0. The third kappa shape index (κ3) is 5.89. The molecule has 0 radical (unpaired) electrons. The minimum absolute atomic E-state index is 0. The van der Waals surface area contributed by atoms with Gasteiger partial charge in [0.05, 0.1) is 25.9 Å². The number of aromatic nitrogens is 2. The molecule has 0 bridgehead atoms. The zero-order valence-corrected chi connectivity index (χ0v) is 18.1. The molecule has 10 heteroatoms. The molecule has 1 aromatic heterocycles. The molecule has 28 heavy (non-hydrogen) atoms. The van der Waals surface area contributed by atoms with Crippen LogP contribution >= 0.6 is 24.0 Å². The predicted octanol–water partition coefficient (Wildman–Crippen LogP) is 1.76. The molecule has 1 unspecified atom stereocenters. The summed E-state index contributed by atoms with van der Waals surface area (Å²) in [6.45, 7) is 1.85. The second-order valence-corrected chi connectivity index (χ2v) is 6.21. The lowest BCUT2D eigenvalue weighted by atomic mass is 10.1. The van der Waals surface area contributed by atoms with E-state index in [4.69, 9.17) is 4.74 Å². The fraction of sp³-hybridized carbons (Fsp3) is 0.389. The van der Waals surface area contributed by atoms with E-state index in [9.17, 15) is 9.18 Å². The van der Waals surface area contributed by atoms with Crippen molar-refractivity contribution in [2.75, 3.05) is 38.6 Å². The summed E-state index contributed by atoms with van der Waals surface area (Å²) in [4.78, 5) is 18.4. The topological polar surface area (TPSA) is 83.8 Å². The summed E-state index contributed by atoms with van der Waals surface area (Å²) >= 11 is 0. The molecule has 8 nitrogen and oxygen atoms in total. The van der Waals surface area contributed by atoms with Crippen LogP contribution in [0.15, 0.2) is 41.7 Å². The molecule has 2 aromatic rings. The Kier molecular flexibility index (Phi) is 8.18. The largest absolute Gasteiger partial charge is 0.370 e. The molecule has 3 rings (SSSR count). The molecule has 0 aliphatic carbocycles. The summed E-state index contributed by atoms with van der Waals surface area (Å²) in [7, 11) is 3.53. The van der Waals surface area contributed by atoms with Crippen LogP contribution in [0, 0.1) is 5.82 Å². The van der Waals surface area contributed by atoms with E-state index in [1.165, 1.54) is 12.1 Å². The van der Waals surface area contributed by atoms with Crippen molar-refractivity contribution >= 4 is 41.5 Å². The van der Waals surface area contributed by atoms with E-state index in [0.29, 0.717) is 31.3 Å². The standard InChI is InChI=1S/C18H23FN6O2.HI/c1-20-18(21-10-17(26)23-15-5-3-4-14(19)8-15)25-6-7-27-16(12-25)13-9-22-24(2)11-13;/h3-5,8-9,11,16H,6-7,10,12H2,1-2H3,(H,20,21)(H,23,26);1H. The number of nitrogens with one attached hydrogen (secondary N) is 2. The molecule has 1 amide bonds. The Hall–Kier alpha value is -2.21. The van der Waals surface area contributed by atoms with Gasteiger partial charge in [0, 0.05) is 38.1 Å². The van der Waals surface area contributed by atoms with Crippen LogP contribution in [0.5, 0.6) is 0 Å². The lowest BCUT2D eigenvalue weighted by molar-refractivity contribution is -0.115. The van der Waals surface area contributed by atoms with E-state index in [1.807, 2.05) is 18.1 Å². The van der Waals surface area contributed by atoms with Crippen LogP contribution in [0.25, 0.3) is 0 Å². The van der Waals surface area contributed by atoms with Crippen molar-refractivity contribution in [1.82, 2.24) is 20.0 Å². The van der Waals surface area contributed by atoms with Crippen molar-refractivity contribution in [2.45, 2.75) is 6.10 Å². The number of anilines is 1. The smallest absolute Gasteiger partial charge is 0.243 e. The van der Waals surface area contributed by atoms with Gasteiger partial charge in [0.2, 0.25) is 5.91 Å². The van der Waals surface area contributed by atoms with E-state index in [-0.39, 0.29) is 42.5 Å². The summed E-state index contributed by atoms with van der Waals surface area (Å²) in [5.41, 5.74) is 1.42. The molecule has 152 valence electrons. The van der Waals surface area contributed by atoms with Gasteiger partial charge >= 0.3 is 0 Å². The first-order chi connectivity index (χ1) is 13.0. The number of guanidine groups is 1. The number of hydrogen-bond donors (Lipinski definition) is 2. The maximum absolute atomic E-state index is 13.2. The summed E-state index contributed by atoms with van der Waals surface area (Å²) in [5.74, 6) is -0.0632. The van der Waals surface area contributed by atoms with Gasteiger partial charge in [0.1, 0.15) is 11.9 Å². The number of amides is 1. The Balaban J connectivity index is 0.00000280. The second-order valence-electron chi connectivity index (χ2n) is 6.21. The lowest BCUT2D eigenvalue weighted by Gasteiger charge is -2.34. The zero-order valence-electron chi connectivity index (χ0n) is 15.8. The first-order valence-corrected chi connectivity index (χ1v) is 8.66. The van der Waals surface area contributed by atoms with Gasteiger partial charge in [0.25, 0.3) is 0 Å². The van der Waals surface area contributed by atoms with Gasteiger partial charge in [-0.1, -0.05) is 6.07 Å². The van der Waals surface area contributed by atoms with E-state index >= 15 is 0 Å². The van der Waals surface area contributed by atoms with Crippen LogP contribution in [-0.4, -0.2) is 59.8 Å². The quantitative estimate of drug-likeness (QED) is 0.379. The fourth-order valence-electron chi connectivity index (χ4n) is 2.91. The molecule has 1 atom stereocenters. The highest BCUT2D eigenvalue weighted by Crippen LogP contribution is 2.21. The highest BCUT2D eigenvalue weighted by atomic mass is 127. The molecule has 0 saturated carbocycles. The number of halogens is 2. The summed E-state index contributed by atoms with van der Waals surface area (Å²) in [6.07, 6.45) is 3.61. The van der Waals surface area contributed by atoms with Crippen LogP contribution in [0.4, 0.5) is 10.1 Å². The third-order valence-corrected chi connectivity index (χ3v) is 4.19. The van der Waals surface area contributed by atoms with Gasteiger partial charge in [-0.25, -0.2) is 4.39 Å². The second kappa shape index (κ2) is 10.4. The predicted molar refractivity (Wildman–Crippen MR) is 115 cm³/mol. The van der Waals surface area contributed by atoms with Gasteiger partial charge in [-0.3, -0.25) is 14.5 Å². The Bertz CT molecular complexity index is 828. The molecule has 0 spiro atoms. The van der Waals surface area contributed by atoms with Crippen molar-refractivity contribution < 1.29 is 13.9 Å². The third-order valence-electron chi connectivity index (χ3n) is 4.19. The highest BCUT2D eigenvalue weighted by Gasteiger charge is 2.25. The number of carbonyl (C=O) groups is 1. The van der Waals surface area contributed by atoms with Gasteiger partial charge < -0.3 is 20.3 Å². The summed E-state index contributed by atoms with van der Waals surface area (Å²) < 4.78 is 20.8. The Morgan fingerprint density at radius 1 is 1.46 bits per heavy atom. The SMILES string of the molecule is CN=C(NCC(=O)Nc1cccc(F)c1)N1CCOC(c2cnn(C)c2)C1.I. The highest BCUT2D eigenvalue weighted by molar-refractivity contribution is 14.0. The van der Waals surface area contributed by atoms with E-state index < -0.39 is 5.82 Å². The molecule has 1 aromatic carbocycles. The van der Waals surface area contributed by atoms with Gasteiger partial charge in [-0.2, -0.15) is 5.10 Å². The number of ether oxygens (including phenoxy) is 1. The van der Waals surface area contributed by atoms with Gasteiger partial charge in [-0.15, -0.1) is 24.0 Å². The zero-order chi connectivity index (χ0) is 19.2. The summed E-state index contributed by atoms with van der Waals surface area (Å²) in [5, 5.41) is 9.88. The van der Waals surface area contributed by atoms with Gasteiger partial charge in [-0.05, 0) is 18.2 Å². The van der Waals surface area contributed by atoms with Crippen LogP contribution < -0.4 is 10.6 Å². The van der Waals surface area contributed by atoms with Crippen molar-refractivity contribution in [3.05, 3.63) is 48.0 Å². The van der Waals surface area contributed by atoms with Crippen molar-refractivity contribution in [3.8, 4) is 0 Å². The average Bonchev–Trinajstić information content (AvgIpc) is 3.09. The molecule has 1 fully saturated rings. The number of nitrogens with zero attached hydrogens (tertiary/aromatic N) is 4. The number of carbonyl (C=O) groups excluding carboxylic acids is 1. The van der Waals surface area contributed by atoms with E-state index in [1.54, 1.807) is 30.1 Å². The molecular weight excluding hydrogens is 478 g/mol. The monoisotopic (exact) mass is 502 g/mol. The molecule has 1 aliphatic heterocycles. The maximum atomic E-state index is 13.2. The molecule has 2 heterocycles. The van der Waals surface area contributed by atoms with Crippen molar-refractivity contribution in [2.24, 2.45) is 12.0 Å². The van der Waals surface area contributed by atoms with Crippen LogP contribution in [0.2, 0.25) is 0 Å². The van der Waals surface area contributed by atoms with Crippen LogP contribution in [0.1, 0.15) is 11.7 Å². The number of benzene rings is 1. The number of aliphatic imine (C=N–C) groups is 1. The molecule has 1 aliphatic rings. The van der Waals surface area contributed by atoms with E-state index in [2.05, 4.69) is 20.7 Å². The minimum Gasteiger partial charge on any atom is -0.370 e. The Morgan fingerprint density at radius 2 is 2.29 bits per heavy atom. The van der Waals surface area contributed by atoms with Crippen LogP contribution in [-0.2, 0) is 16.6 Å². The summed E-state index contributed by atoms with van der Waals surface area (Å²) in [6, 6.07) is 5.78. The number of hydrogen-bond acceptors (Lipinski definition) is 4. The van der Waals surface area contributed by atoms with Crippen molar-refractivity contribution in [3.63, 3.8) is 0 Å². The van der Waals surface area contributed by atoms with Crippen LogP contribution in [0.3, 0.4) is 0 Å². The van der Waals surface area contributed by atoms with E-state index in [0.717, 1.165) is 5.56 Å². The Morgan fingerprint density at radius 3 is 2.96 bits per heavy atom. The van der Waals surface area contributed by atoms with Gasteiger partial charge in [0.15, 0.2) is 5.96 Å². The lowest BCUT2D eigenvalue weighted by Crippen LogP contribution is -2.49. The molecular formula is C18H24FIN6O2. The first kappa shape index (κ1) is 22.1. The van der Waals surface area contributed by atoms with Crippen molar-refractivity contribution in [1.29, 1.82) is 0 Å². The number of aryl methyl sites for hydroxylation is 1. The minimum atomic E-state index is -0.397. The average molecular weight is 502 g/mol. The number of rotatable bonds is 4. The Labute approximate surface area is 180 Å². The first-order valence-electron chi connectivity index (χ1n) is 8.66. The number of morpholine rings is 1. The molecule has 1 saturated heterocycles. The molecule has 2 N–H and O–H groups in total. The maximum Gasteiger partial charge on any atom is 0.243 e. The fourth-order valence-corrected chi connectivity index (χ4v) is 2.91.